The van der Waals surface area contributed by atoms with Gasteiger partial charge in [-0.05, 0) is 25.2 Å². The van der Waals surface area contributed by atoms with Crippen LogP contribution < -0.4 is 16.2 Å². The van der Waals surface area contributed by atoms with Gasteiger partial charge in [-0.1, -0.05) is 13.8 Å². The number of hydrogen-bond donors (Lipinski definition) is 2. The Labute approximate surface area is 119 Å². The van der Waals surface area contributed by atoms with Gasteiger partial charge >= 0.3 is 0 Å². The van der Waals surface area contributed by atoms with Crippen molar-refractivity contribution in [2.75, 3.05) is 16.9 Å². The molecule has 1 aliphatic rings. The lowest BCUT2D eigenvalue weighted by Gasteiger charge is -2.41. The maximum Gasteiger partial charge on any atom is 0.180 e. The maximum atomic E-state index is 5.53. The van der Waals surface area contributed by atoms with Crippen LogP contribution in [0.1, 0.15) is 27.2 Å². The summed E-state index contributed by atoms with van der Waals surface area (Å²) in [6.07, 6.45) is 6.83. The molecule has 0 aromatic carbocycles. The largest absolute Gasteiger partial charge is 0.350 e. The highest BCUT2D eigenvalue weighted by molar-refractivity contribution is 5.67. The monoisotopic (exact) mass is 274 g/mol. The Bertz CT molecular complexity index is 607. The smallest absolute Gasteiger partial charge is 0.180 e. The molecule has 2 aromatic heterocycles. The molecule has 2 aromatic rings. The molecule has 3 unspecified atom stereocenters. The molecule has 1 saturated heterocycles. The van der Waals surface area contributed by atoms with Crippen LogP contribution in [0.15, 0.2) is 18.6 Å². The second-order valence-electron chi connectivity index (χ2n) is 5.96. The van der Waals surface area contributed by atoms with Crippen molar-refractivity contribution in [2.24, 2.45) is 17.7 Å². The summed E-state index contributed by atoms with van der Waals surface area (Å²) in [6, 6.07) is 0.451. The zero-order valence-electron chi connectivity index (χ0n) is 12.2. The number of nitrogens with one attached hydrogen (secondary N) is 1. The predicted octanol–water partition coefficient (Wildman–Crippen LogP) is 1.89. The van der Waals surface area contributed by atoms with Gasteiger partial charge in [0.2, 0.25) is 0 Å². The second kappa shape index (κ2) is 4.94. The lowest BCUT2D eigenvalue weighted by molar-refractivity contribution is 0.296. The fourth-order valence-electron chi connectivity index (χ4n) is 3.17. The third-order valence-electron chi connectivity index (χ3n) is 4.37. The van der Waals surface area contributed by atoms with Crippen molar-refractivity contribution in [1.29, 1.82) is 0 Å². The topological polar surface area (TPSA) is 71.5 Å². The summed E-state index contributed by atoms with van der Waals surface area (Å²) >= 11 is 0. The van der Waals surface area contributed by atoms with Gasteiger partial charge in [-0.3, -0.25) is 0 Å². The highest BCUT2D eigenvalue weighted by atomic mass is 15.3. The van der Waals surface area contributed by atoms with Crippen LogP contribution in [0.4, 0.5) is 11.6 Å². The van der Waals surface area contributed by atoms with Crippen molar-refractivity contribution in [3.63, 3.8) is 0 Å². The lowest BCUT2D eigenvalue weighted by Crippen LogP contribution is -2.46. The van der Waals surface area contributed by atoms with Crippen LogP contribution in [0.25, 0.3) is 5.65 Å². The van der Waals surface area contributed by atoms with E-state index in [4.69, 9.17) is 5.84 Å². The molecule has 0 bridgehead atoms. The number of nitrogen functional groups attached to an aromatic ring is 1. The van der Waals surface area contributed by atoms with E-state index < -0.39 is 0 Å². The Morgan fingerprint density at radius 1 is 1.35 bits per heavy atom. The molecule has 6 nitrogen and oxygen atoms in total. The Balaban J connectivity index is 2.09. The van der Waals surface area contributed by atoms with E-state index in [1.54, 1.807) is 6.20 Å². The van der Waals surface area contributed by atoms with Crippen LogP contribution in [0, 0.1) is 11.8 Å². The molecule has 1 aliphatic heterocycles. The molecule has 0 aliphatic carbocycles. The average molecular weight is 274 g/mol. The van der Waals surface area contributed by atoms with Gasteiger partial charge in [-0.25, -0.2) is 15.8 Å². The van der Waals surface area contributed by atoms with E-state index in [2.05, 4.69) is 41.1 Å². The molecule has 6 heteroatoms. The molecule has 3 heterocycles. The van der Waals surface area contributed by atoms with Gasteiger partial charge in [-0.2, -0.15) is 0 Å². The summed E-state index contributed by atoms with van der Waals surface area (Å²) < 4.78 is 1.97. The summed E-state index contributed by atoms with van der Waals surface area (Å²) in [6.45, 7) is 7.87. The zero-order valence-corrected chi connectivity index (χ0v) is 12.2. The van der Waals surface area contributed by atoms with Crippen molar-refractivity contribution in [3.05, 3.63) is 18.6 Å². The Morgan fingerprint density at radius 2 is 2.15 bits per heavy atom. The van der Waals surface area contributed by atoms with Gasteiger partial charge in [0.1, 0.15) is 0 Å². The number of piperidine rings is 1. The second-order valence-corrected chi connectivity index (χ2v) is 5.96. The van der Waals surface area contributed by atoms with Crippen molar-refractivity contribution >= 4 is 17.3 Å². The highest BCUT2D eigenvalue weighted by Gasteiger charge is 2.31. The molecule has 0 amide bonds. The number of anilines is 2. The van der Waals surface area contributed by atoms with Crippen molar-refractivity contribution in [1.82, 2.24) is 14.4 Å². The molecular formula is C14H22N6. The lowest BCUT2D eigenvalue weighted by atomic mass is 9.86. The normalized spacial score (nSPS) is 27.0. The Morgan fingerprint density at radius 3 is 2.90 bits per heavy atom. The fraction of sp³-hybridized carbons (Fsp3) is 0.571. The van der Waals surface area contributed by atoms with Gasteiger partial charge in [0.15, 0.2) is 17.3 Å². The quantitative estimate of drug-likeness (QED) is 0.646. The summed E-state index contributed by atoms with van der Waals surface area (Å²) in [4.78, 5) is 11.4. The van der Waals surface area contributed by atoms with Crippen LogP contribution >= 0.6 is 0 Å². The molecule has 3 N–H and O–H groups in total. The molecule has 1 fully saturated rings. The maximum absolute atomic E-state index is 5.53. The minimum atomic E-state index is 0.451. The number of fused-ring (bicyclic) bond motifs is 1. The summed E-state index contributed by atoms with van der Waals surface area (Å²) in [7, 11) is 0. The van der Waals surface area contributed by atoms with Gasteiger partial charge in [-0.15, -0.1) is 0 Å². The molecule has 0 radical (unpaired) electrons. The molecule has 0 spiro atoms. The van der Waals surface area contributed by atoms with Gasteiger partial charge in [0, 0.05) is 25.0 Å². The standard InChI is InChI=1S/C14H22N6/c1-9-6-10(2)11(3)20(7-9)14-13-16-4-5-19(13)8-12(17-14)18-15/h4-5,8-11,18H,6-7,15H2,1-3H3. The number of hydrogen-bond acceptors (Lipinski definition) is 5. The minimum absolute atomic E-state index is 0.451. The number of aromatic nitrogens is 3. The zero-order chi connectivity index (χ0) is 14.3. The Hall–Kier alpha value is -1.82. The number of rotatable bonds is 2. The molecule has 0 saturated carbocycles. The summed E-state index contributed by atoms with van der Waals surface area (Å²) in [5.41, 5.74) is 3.53. The number of imidazole rings is 1. The van der Waals surface area contributed by atoms with Gasteiger partial charge in [0.25, 0.3) is 0 Å². The Kier molecular flexibility index (Phi) is 3.25. The van der Waals surface area contributed by atoms with E-state index in [-0.39, 0.29) is 0 Å². The SMILES string of the molecule is CC1CC(C)C(C)N(c2nc(NN)cn3ccnc23)C1. The van der Waals surface area contributed by atoms with Gasteiger partial charge < -0.3 is 14.7 Å². The molecular weight excluding hydrogens is 252 g/mol. The summed E-state index contributed by atoms with van der Waals surface area (Å²) in [5.74, 6) is 8.41. The van der Waals surface area contributed by atoms with Crippen LogP contribution in [0.3, 0.4) is 0 Å². The van der Waals surface area contributed by atoms with Crippen molar-refractivity contribution in [2.45, 2.75) is 33.2 Å². The van der Waals surface area contributed by atoms with E-state index in [0.717, 1.165) is 18.0 Å². The van der Waals surface area contributed by atoms with Crippen LogP contribution in [0.5, 0.6) is 0 Å². The minimum Gasteiger partial charge on any atom is -0.350 e. The van der Waals surface area contributed by atoms with Crippen molar-refractivity contribution in [3.8, 4) is 0 Å². The molecule has 108 valence electrons. The first-order valence-electron chi connectivity index (χ1n) is 7.17. The van der Waals surface area contributed by atoms with E-state index in [0.29, 0.717) is 23.7 Å². The average Bonchev–Trinajstić information content (AvgIpc) is 2.90. The van der Waals surface area contributed by atoms with E-state index in [1.165, 1.54) is 6.42 Å². The van der Waals surface area contributed by atoms with E-state index in [9.17, 15) is 0 Å². The molecule has 3 rings (SSSR count). The first-order chi connectivity index (χ1) is 9.60. The number of nitrogens with zero attached hydrogens (tertiary/aromatic N) is 4. The molecule has 3 atom stereocenters. The number of hydrazine groups is 1. The van der Waals surface area contributed by atoms with Crippen LogP contribution in [-0.2, 0) is 0 Å². The predicted molar refractivity (Wildman–Crippen MR) is 80.6 cm³/mol. The van der Waals surface area contributed by atoms with Gasteiger partial charge in [0.05, 0.1) is 6.20 Å². The first-order valence-corrected chi connectivity index (χ1v) is 7.17. The van der Waals surface area contributed by atoms with Crippen LogP contribution in [0.2, 0.25) is 0 Å². The van der Waals surface area contributed by atoms with Crippen LogP contribution in [-0.4, -0.2) is 27.0 Å². The van der Waals surface area contributed by atoms with Crippen molar-refractivity contribution < 1.29 is 0 Å². The summed E-state index contributed by atoms with van der Waals surface area (Å²) in [5, 5.41) is 0. The third-order valence-corrected chi connectivity index (χ3v) is 4.37. The third kappa shape index (κ3) is 2.10. The first kappa shape index (κ1) is 13.2. The highest BCUT2D eigenvalue weighted by Crippen LogP contribution is 2.32. The number of nitrogens with two attached hydrogens (primary N) is 1. The fourth-order valence-corrected chi connectivity index (χ4v) is 3.17. The van der Waals surface area contributed by atoms with E-state index >= 15 is 0 Å². The molecule has 20 heavy (non-hydrogen) atoms. The van der Waals surface area contributed by atoms with E-state index in [1.807, 2.05) is 16.8 Å².